The van der Waals surface area contributed by atoms with Crippen LogP contribution in [0, 0.1) is 0 Å². The van der Waals surface area contributed by atoms with E-state index >= 15 is 0 Å². The molecule has 0 saturated carbocycles. The Balaban J connectivity index is 2.96. The predicted octanol–water partition coefficient (Wildman–Crippen LogP) is 1.38. The summed E-state index contributed by atoms with van der Waals surface area (Å²) in [4.78, 5) is 17.7. The number of phosphoric ester groups is 1. The Kier molecular flexibility index (Phi) is 5.50. The van der Waals surface area contributed by atoms with Gasteiger partial charge < -0.3 is 19.4 Å². The van der Waals surface area contributed by atoms with Crippen LogP contribution in [0.15, 0.2) is 30.8 Å². The van der Waals surface area contributed by atoms with Crippen molar-refractivity contribution in [2.75, 3.05) is 27.7 Å². The highest BCUT2D eigenvalue weighted by Crippen LogP contribution is 2.38. The summed E-state index contributed by atoms with van der Waals surface area (Å²) in [7, 11) is 0.579. The minimum absolute atomic E-state index is 0.0796. The van der Waals surface area contributed by atoms with Crippen LogP contribution in [0.2, 0.25) is 0 Å². The molecule has 0 radical (unpaired) electrons. The third-order valence-corrected chi connectivity index (χ3v) is 3.88. The maximum atomic E-state index is 10.9. The van der Waals surface area contributed by atoms with E-state index in [1.807, 2.05) is 24.3 Å². The van der Waals surface area contributed by atoms with Gasteiger partial charge in [-0.3, -0.25) is 4.52 Å². The van der Waals surface area contributed by atoms with Crippen LogP contribution >= 0.6 is 7.82 Å². The van der Waals surface area contributed by atoms with Crippen molar-refractivity contribution >= 4 is 13.9 Å². The fourth-order valence-corrected chi connectivity index (χ4v) is 2.14. The molecule has 0 spiro atoms. The van der Waals surface area contributed by atoms with Gasteiger partial charge in [0.25, 0.3) is 0 Å². The lowest BCUT2D eigenvalue weighted by Crippen LogP contribution is -2.61. The molecule has 1 aromatic rings. The molecule has 0 fully saturated rings. The molecule has 0 aliphatic carbocycles. The third kappa shape index (κ3) is 5.36. The Labute approximate surface area is 125 Å². The van der Waals surface area contributed by atoms with Gasteiger partial charge >= 0.3 is 7.82 Å². The second-order valence-electron chi connectivity index (χ2n) is 5.88. The molecule has 118 valence electrons. The SMILES string of the molecule is C=Cc1ccc(CC(O)(COP(=O)(O)O)[N+](C)(C)C)cc1. The summed E-state index contributed by atoms with van der Waals surface area (Å²) in [5.74, 6) is 0. The molecule has 1 atom stereocenters. The first-order valence-electron chi connectivity index (χ1n) is 6.42. The zero-order valence-electron chi connectivity index (χ0n) is 12.6. The van der Waals surface area contributed by atoms with E-state index in [-0.39, 0.29) is 10.9 Å². The number of aliphatic hydroxyl groups is 1. The topological polar surface area (TPSA) is 87.0 Å². The van der Waals surface area contributed by atoms with Gasteiger partial charge in [0, 0.05) is 0 Å². The average Bonchev–Trinajstić information content (AvgIpc) is 2.35. The number of likely N-dealkylation sites (N-methyl/N-ethyl adjacent to an activating group) is 1. The molecule has 0 heterocycles. The van der Waals surface area contributed by atoms with E-state index in [0.717, 1.165) is 11.1 Å². The summed E-state index contributed by atoms with van der Waals surface area (Å²) >= 11 is 0. The number of phosphoric acid groups is 1. The van der Waals surface area contributed by atoms with Crippen molar-refractivity contribution in [1.29, 1.82) is 0 Å². The van der Waals surface area contributed by atoms with Crippen molar-refractivity contribution in [3.05, 3.63) is 42.0 Å². The standard InChI is InChI=1S/C14H22NO5P/c1-5-12-6-8-13(9-7-12)10-14(16,15(2,3)4)11-20-21(17,18)19/h5-9,16H,1,10-11H2,2-4H3,(H-,17,18,19)/p+1. The minimum atomic E-state index is -4.63. The van der Waals surface area contributed by atoms with Gasteiger partial charge in [-0.25, -0.2) is 4.57 Å². The number of hydrogen-bond donors (Lipinski definition) is 3. The van der Waals surface area contributed by atoms with Gasteiger partial charge in [-0.05, 0) is 11.1 Å². The zero-order chi connectivity index (χ0) is 16.3. The highest BCUT2D eigenvalue weighted by atomic mass is 31.2. The van der Waals surface area contributed by atoms with Gasteiger partial charge in [0.05, 0.1) is 27.6 Å². The van der Waals surface area contributed by atoms with Gasteiger partial charge in [-0.2, -0.15) is 0 Å². The van der Waals surface area contributed by atoms with Gasteiger partial charge in [0.15, 0.2) is 0 Å². The lowest BCUT2D eigenvalue weighted by molar-refractivity contribution is -0.950. The molecule has 0 saturated heterocycles. The zero-order valence-corrected chi connectivity index (χ0v) is 13.5. The Morgan fingerprint density at radius 1 is 1.29 bits per heavy atom. The predicted molar refractivity (Wildman–Crippen MR) is 81.2 cm³/mol. The second kappa shape index (κ2) is 6.40. The summed E-state index contributed by atoms with van der Waals surface area (Å²) in [6.07, 6.45) is 1.92. The maximum Gasteiger partial charge on any atom is 0.469 e. The second-order valence-corrected chi connectivity index (χ2v) is 7.12. The Morgan fingerprint density at radius 3 is 2.19 bits per heavy atom. The Morgan fingerprint density at radius 2 is 1.81 bits per heavy atom. The van der Waals surface area contributed by atoms with Crippen LogP contribution in [0.5, 0.6) is 0 Å². The number of benzene rings is 1. The fourth-order valence-electron chi connectivity index (χ4n) is 1.77. The molecular weight excluding hydrogens is 293 g/mol. The van der Waals surface area contributed by atoms with Crippen LogP contribution in [0.4, 0.5) is 0 Å². The molecule has 3 N–H and O–H groups in total. The normalized spacial score (nSPS) is 15.5. The van der Waals surface area contributed by atoms with Crippen molar-refractivity contribution in [2.45, 2.75) is 12.1 Å². The van der Waals surface area contributed by atoms with Crippen LogP contribution in [0.1, 0.15) is 11.1 Å². The highest BCUT2D eigenvalue weighted by molar-refractivity contribution is 7.46. The number of nitrogens with zero attached hydrogens (tertiary/aromatic N) is 1. The maximum absolute atomic E-state index is 10.9. The Hall–Kier alpha value is -1.01. The van der Waals surface area contributed by atoms with E-state index in [1.165, 1.54) is 0 Å². The van der Waals surface area contributed by atoms with Crippen molar-refractivity contribution in [3.63, 3.8) is 0 Å². The van der Waals surface area contributed by atoms with Gasteiger partial charge in [0.2, 0.25) is 5.72 Å². The first-order valence-corrected chi connectivity index (χ1v) is 7.95. The van der Waals surface area contributed by atoms with Crippen LogP contribution in [-0.4, -0.2) is 52.9 Å². The van der Waals surface area contributed by atoms with Gasteiger partial charge in [0.1, 0.15) is 6.61 Å². The van der Waals surface area contributed by atoms with Gasteiger partial charge in [-0.15, -0.1) is 0 Å². The number of rotatable bonds is 7. The smallest absolute Gasteiger partial charge is 0.340 e. The van der Waals surface area contributed by atoms with Crippen molar-refractivity contribution in [2.24, 2.45) is 0 Å². The lowest BCUT2D eigenvalue weighted by Gasteiger charge is -2.41. The first-order chi connectivity index (χ1) is 9.47. The minimum Gasteiger partial charge on any atom is -0.340 e. The summed E-state index contributed by atoms with van der Waals surface area (Å²) in [6.45, 7) is 3.20. The van der Waals surface area contributed by atoms with Crippen molar-refractivity contribution in [3.8, 4) is 0 Å². The molecule has 0 aliphatic rings. The molecule has 6 nitrogen and oxygen atoms in total. The molecule has 0 aliphatic heterocycles. The van der Waals surface area contributed by atoms with E-state index in [2.05, 4.69) is 11.1 Å². The van der Waals surface area contributed by atoms with Crippen LogP contribution in [0.3, 0.4) is 0 Å². The molecular formula is C14H23NO5P+. The quantitative estimate of drug-likeness (QED) is 0.402. The van der Waals surface area contributed by atoms with Crippen molar-refractivity contribution < 1.29 is 28.5 Å². The fraction of sp³-hybridized carbons (Fsp3) is 0.429. The number of hydrogen-bond acceptors (Lipinski definition) is 3. The highest BCUT2D eigenvalue weighted by Gasteiger charge is 2.43. The third-order valence-electron chi connectivity index (χ3n) is 3.42. The average molecular weight is 316 g/mol. The molecule has 1 aromatic carbocycles. The van der Waals surface area contributed by atoms with E-state index in [9.17, 15) is 9.67 Å². The van der Waals surface area contributed by atoms with Crippen LogP contribution in [-0.2, 0) is 15.5 Å². The summed E-state index contributed by atoms with van der Waals surface area (Å²) in [5.41, 5.74) is 0.334. The molecule has 0 bridgehead atoms. The van der Waals surface area contributed by atoms with E-state index in [1.54, 1.807) is 27.2 Å². The molecule has 1 rings (SSSR count). The summed E-state index contributed by atoms with van der Waals surface area (Å²) in [5, 5.41) is 10.8. The van der Waals surface area contributed by atoms with Crippen LogP contribution in [0.25, 0.3) is 6.08 Å². The summed E-state index contributed by atoms with van der Waals surface area (Å²) in [6, 6.07) is 7.41. The lowest BCUT2D eigenvalue weighted by atomic mass is 9.99. The van der Waals surface area contributed by atoms with E-state index in [0.29, 0.717) is 0 Å². The van der Waals surface area contributed by atoms with Crippen LogP contribution < -0.4 is 0 Å². The Bertz CT molecular complexity index is 531. The number of quaternary nitrogens is 1. The van der Waals surface area contributed by atoms with E-state index < -0.39 is 20.2 Å². The largest absolute Gasteiger partial charge is 0.469 e. The van der Waals surface area contributed by atoms with E-state index in [4.69, 9.17) is 9.79 Å². The molecule has 7 heteroatoms. The summed E-state index contributed by atoms with van der Waals surface area (Å²) < 4.78 is 15.5. The molecule has 1 unspecified atom stereocenters. The van der Waals surface area contributed by atoms with Crippen molar-refractivity contribution in [1.82, 2.24) is 0 Å². The monoisotopic (exact) mass is 316 g/mol. The molecule has 0 amide bonds. The molecule has 21 heavy (non-hydrogen) atoms. The first kappa shape index (κ1) is 18.0. The van der Waals surface area contributed by atoms with Gasteiger partial charge in [-0.1, -0.05) is 36.9 Å². The molecule has 0 aromatic heterocycles.